The summed E-state index contributed by atoms with van der Waals surface area (Å²) < 4.78 is 12.2. The summed E-state index contributed by atoms with van der Waals surface area (Å²) in [5, 5.41) is 15.2. The summed E-state index contributed by atoms with van der Waals surface area (Å²) in [6.07, 6.45) is 2.51. The van der Waals surface area contributed by atoms with E-state index in [1.54, 1.807) is 0 Å². The van der Waals surface area contributed by atoms with Gasteiger partial charge in [0, 0.05) is 12.5 Å². The predicted molar refractivity (Wildman–Crippen MR) is 179 cm³/mol. The third-order valence-corrected chi connectivity index (χ3v) is 12.6. The molecule has 0 saturated heterocycles. The van der Waals surface area contributed by atoms with Crippen LogP contribution < -0.4 is 10.6 Å². The number of aryl methyl sites for hydroxylation is 1. The van der Waals surface area contributed by atoms with E-state index < -0.39 is 44.5 Å². The molecule has 2 amide bonds. The fraction of sp³-hybridized carbons (Fsp3) is 0.361. The van der Waals surface area contributed by atoms with Crippen LogP contribution in [-0.4, -0.2) is 49.6 Å². The zero-order valence-corrected chi connectivity index (χ0v) is 27.9. The summed E-state index contributed by atoms with van der Waals surface area (Å²) in [5.41, 5.74) is 2.77. The van der Waals surface area contributed by atoms with E-state index in [1.165, 1.54) is 6.08 Å². The zero-order chi connectivity index (χ0) is 32.9. The number of alkyl carbamates (subject to hydrolysis) is 1. The van der Waals surface area contributed by atoms with Gasteiger partial charge in [-0.05, 0) is 53.7 Å². The highest BCUT2D eigenvalue weighted by Crippen LogP contribution is 2.38. The molecule has 0 aliphatic carbocycles. The molecule has 3 rings (SSSR count). The van der Waals surface area contributed by atoms with Crippen molar-refractivity contribution in [1.82, 2.24) is 10.6 Å². The summed E-state index contributed by atoms with van der Waals surface area (Å²) in [5.74, 6) is -1.52. The van der Waals surface area contributed by atoms with E-state index >= 15 is 0 Å². The van der Waals surface area contributed by atoms with Crippen LogP contribution in [0, 0.1) is 0 Å². The molecule has 0 radical (unpaired) electrons. The van der Waals surface area contributed by atoms with Crippen molar-refractivity contribution in [2.45, 2.75) is 83.0 Å². The van der Waals surface area contributed by atoms with Gasteiger partial charge in [0.05, 0.1) is 12.1 Å². The Morgan fingerprint density at radius 1 is 0.822 bits per heavy atom. The monoisotopic (exact) mass is 630 g/mol. The highest BCUT2D eigenvalue weighted by Gasteiger charge is 2.41. The maximum absolute atomic E-state index is 14.0. The Morgan fingerprint density at radius 2 is 1.36 bits per heavy atom. The van der Waals surface area contributed by atoms with Crippen LogP contribution in [-0.2, 0) is 38.2 Å². The lowest BCUT2D eigenvalue weighted by Gasteiger charge is -2.41. The van der Waals surface area contributed by atoms with Gasteiger partial charge in [0.15, 0.2) is 8.32 Å². The minimum atomic E-state index is -2.40. The van der Waals surface area contributed by atoms with Gasteiger partial charge in [0.2, 0.25) is 5.91 Å². The molecule has 3 aromatic carbocycles. The SMILES string of the molecule is CC(C)(C)[Si](C)(C)O[C@@H](C=CC(=O)O)[C@H](CCc1ccccc1)NC(=O)[C@H](Cc1ccccc1)NC(=O)OCc1ccccc1. The van der Waals surface area contributed by atoms with Gasteiger partial charge in [-0.25, -0.2) is 9.59 Å². The van der Waals surface area contributed by atoms with Crippen LogP contribution in [0.25, 0.3) is 0 Å². The van der Waals surface area contributed by atoms with Crippen molar-refractivity contribution in [3.8, 4) is 0 Å². The first-order chi connectivity index (χ1) is 21.3. The summed E-state index contributed by atoms with van der Waals surface area (Å²) >= 11 is 0. The number of nitrogens with one attached hydrogen (secondary N) is 2. The largest absolute Gasteiger partial charge is 0.478 e. The molecule has 3 atom stereocenters. The standard InChI is InChI=1S/C36H46N2O6Si/c1-36(2,3)45(4,5)44-32(23-24-33(39)40)30(22-21-27-15-9-6-10-16-27)37-34(41)31(25-28-17-11-7-12-18-28)38-35(42)43-26-29-19-13-8-14-20-29/h6-20,23-24,30-32H,21-22,25-26H2,1-5H3,(H,37,41)(H,38,42)(H,39,40)/t30-,31-,32-/m0/s1. The molecular weight excluding hydrogens is 584 g/mol. The number of amides is 2. The molecule has 3 N–H and O–H groups in total. The molecule has 9 heteroatoms. The number of aliphatic carboxylic acids is 1. The van der Waals surface area contributed by atoms with Crippen LogP contribution >= 0.6 is 0 Å². The maximum atomic E-state index is 14.0. The molecule has 0 aliphatic rings. The fourth-order valence-corrected chi connectivity index (χ4v) is 5.76. The molecule has 0 aromatic heterocycles. The van der Waals surface area contributed by atoms with Crippen LogP contribution in [0.15, 0.2) is 103 Å². The Labute approximate surface area is 268 Å². The van der Waals surface area contributed by atoms with Gasteiger partial charge >= 0.3 is 12.1 Å². The number of carbonyl (C=O) groups excluding carboxylic acids is 2. The lowest BCUT2D eigenvalue weighted by atomic mass is 9.99. The van der Waals surface area contributed by atoms with Gasteiger partial charge in [-0.1, -0.05) is 112 Å². The van der Waals surface area contributed by atoms with Gasteiger partial charge in [-0.3, -0.25) is 4.79 Å². The van der Waals surface area contributed by atoms with E-state index in [9.17, 15) is 19.5 Å². The third-order valence-electron chi connectivity index (χ3n) is 8.08. The Morgan fingerprint density at radius 3 is 1.89 bits per heavy atom. The van der Waals surface area contributed by atoms with E-state index in [0.29, 0.717) is 12.8 Å². The van der Waals surface area contributed by atoms with Crippen LogP contribution in [0.2, 0.25) is 18.1 Å². The van der Waals surface area contributed by atoms with Crippen molar-refractivity contribution >= 4 is 26.3 Å². The second kappa shape index (κ2) is 16.7. The normalized spacial score (nSPS) is 13.9. The average molecular weight is 631 g/mol. The first-order valence-corrected chi connectivity index (χ1v) is 18.2. The van der Waals surface area contributed by atoms with Crippen LogP contribution in [0.1, 0.15) is 43.9 Å². The Bertz CT molecular complexity index is 1390. The minimum Gasteiger partial charge on any atom is -0.478 e. The van der Waals surface area contributed by atoms with Crippen molar-refractivity contribution < 1.29 is 28.7 Å². The number of rotatable bonds is 15. The van der Waals surface area contributed by atoms with Gasteiger partial charge in [0.1, 0.15) is 12.6 Å². The molecule has 240 valence electrons. The Hall–Kier alpha value is -4.21. The molecule has 3 aromatic rings. The highest BCUT2D eigenvalue weighted by molar-refractivity contribution is 6.74. The van der Waals surface area contributed by atoms with Crippen molar-refractivity contribution in [3.05, 3.63) is 120 Å². The topological polar surface area (TPSA) is 114 Å². The number of carbonyl (C=O) groups is 3. The first-order valence-electron chi connectivity index (χ1n) is 15.3. The second-order valence-electron chi connectivity index (χ2n) is 12.6. The summed E-state index contributed by atoms with van der Waals surface area (Å²) in [6.45, 7) is 10.6. The van der Waals surface area contributed by atoms with E-state index in [1.807, 2.05) is 91.0 Å². The second-order valence-corrected chi connectivity index (χ2v) is 17.4. The quantitative estimate of drug-likeness (QED) is 0.128. The number of hydrogen-bond acceptors (Lipinski definition) is 5. The van der Waals surface area contributed by atoms with Crippen molar-refractivity contribution in [2.24, 2.45) is 0 Å². The smallest absolute Gasteiger partial charge is 0.408 e. The molecular formula is C36H46N2O6Si. The first kappa shape index (κ1) is 35.3. The summed E-state index contributed by atoms with van der Waals surface area (Å²) in [6, 6.07) is 27.1. The fourth-order valence-electron chi connectivity index (χ4n) is 4.48. The molecule has 0 unspecified atom stereocenters. The summed E-state index contributed by atoms with van der Waals surface area (Å²) in [4.78, 5) is 38.5. The Kier molecular flexibility index (Phi) is 13.1. The molecule has 0 saturated carbocycles. The molecule has 45 heavy (non-hydrogen) atoms. The molecule has 0 spiro atoms. The van der Waals surface area contributed by atoms with Crippen LogP contribution in [0.4, 0.5) is 4.79 Å². The van der Waals surface area contributed by atoms with E-state index in [4.69, 9.17) is 9.16 Å². The Balaban J connectivity index is 1.89. The lowest BCUT2D eigenvalue weighted by Crippen LogP contribution is -2.55. The van der Waals surface area contributed by atoms with Gasteiger partial charge in [-0.2, -0.15) is 0 Å². The lowest BCUT2D eigenvalue weighted by molar-refractivity contribution is -0.131. The van der Waals surface area contributed by atoms with Crippen molar-refractivity contribution in [3.63, 3.8) is 0 Å². The molecule has 0 bridgehead atoms. The predicted octanol–water partition coefficient (Wildman–Crippen LogP) is 6.67. The van der Waals surface area contributed by atoms with Crippen LogP contribution in [0.5, 0.6) is 0 Å². The molecule has 8 nitrogen and oxygen atoms in total. The number of carboxylic acid groups (broad SMARTS) is 1. The van der Waals surface area contributed by atoms with Gasteiger partial charge in [0.25, 0.3) is 0 Å². The summed E-state index contributed by atoms with van der Waals surface area (Å²) in [7, 11) is -2.40. The number of benzene rings is 3. The highest BCUT2D eigenvalue weighted by atomic mass is 28.4. The van der Waals surface area contributed by atoms with E-state index in [2.05, 4.69) is 44.5 Å². The maximum Gasteiger partial charge on any atom is 0.408 e. The van der Waals surface area contributed by atoms with E-state index in [-0.39, 0.29) is 18.1 Å². The van der Waals surface area contributed by atoms with Crippen molar-refractivity contribution in [1.29, 1.82) is 0 Å². The minimum absolute atomic E-state index is 0.0639. The van der Waals surface area contributed by atoms with Gasteiger partial charge in [-0.15, -0.1) is 0 Å². The molecule has 0 aliphatic heterocycles. The molecule has 0 fully saturated rings. The third kappa shape index (κ3) is 12.0. The van der Waals surface area contributed by atoms with E-state index in [0.717, 1.165) is 22.8 Å². The molecule has 0 heterocycles. The average Bonchev–Trinajstić information content (AvgIpc) is 3.00. The number of hydrogen-bond donors (Lipinski definition) is 3. The number of ether oxygens (including phenoxy) is 1. The van der Waals surface area contributed by atoms with Crippen molar-refractivity contribution in [2.75, 3.05) is 0 Å². The number of carboxylic acids is 1. The van der Waals surface area contributed by atoms with Gasteiger partial charge < -0.3 is 24.9 Å². The zero-order valence-electron chi connectivity index (χ0n) is 26.9. The van der Waals surface area contributed by atoms with Crippen LogP contribution in [0.3, 0.4) is 0 Å².